The lowest BCUT2D eigenvalue weighted by Crippen LogP contribution is -2.45. The molecular weight excluding hydrogens is 1040 g/mol. The van der Waals surface area contributed by atoms with Crippen molar-refractivity contribution in [2.24, 2.45) is 5.41 Å². The van der Waals surface area contributed by atoms with Gasteiger partial charge in [-0.05, 0) is 67.6 Å². The normalized spacial score (nSPS) is 17.2. The first-order valence-corrected chi connectivity index (χ1v) is 25.3. The number of aryl methyl sites for hydroxylation is 1. The van der Waals surface area contributed by atoms with Gasteiger partial charge in [0.2, 0.25) is 11.9 Å². The van der Waals surface area contributed by atoms with Crippen LogP contribution in [0.25, 0.3) is 11.0 Å². The number of methoxy groups -OCH3 is 2. The highest BCUT2D eigenvalue weighted by Crippen LogP contribution is 2.53. The number of nitriles is 1. The molecule has 0 saturated carbocycles. The maximum atomic E-state index is 16.2. The Morgan fingerprint density at radius 1 is 0.961 bits per heavy atom. The third-order valence-corrected chi connectivity index (χ3v) is 13.7. The van der Waals surface area contributed by atoms with Crippen LogP contribution < -0.4 is 31.2 Å². The zero-order valence-electron chi connectivity index (χ0n) is 43.0. The second-order valence-electron chi connectivity index (χ2n) is 19.2. The van der Waals surface area contributed by atoms with E-state index in [0.29, 0.717) is 29.7 Å². The molecule has 400 valence electrons. The molecule has 0 unspecified atom stereocenters. The number of halogens is 5. The smallest absolute Gasteiger partial charge is 0.251 e. The van der Waals surface area contributed by atoms with E-state index in [1.54, 1.807) is 13.3 Å². The van der Waals surface area contributed by atoms with Crippen LogP contribution >= 0.6 is 34.8 Å². The second-order valence-corrected chi connectivity index (χ2v) is 20.4. The van der Waals surface area contributed by atoms with Gasteiger partial charge in [0.1, 0.15) is 46.0 Å². The van der Waals surface area contributed by atoms with Crippen LogP contribution in [-0.4, -0.2) is 104 Å². The predicted molar refractivity (Wildman–Crippen MR) is 287 cm³/mol. The van der Waals surface area contributed by atoms with E-state index < -0.39 is 52.3 Å². The van der Waals surface area contributed by atoms with Crippen molar-refractivity contribution < 1.29 is 42.1 Å². The Kier molecular flexibility index (Phi) is 18.8. The molecule has 5 N–H and O–H groups in total. The first kappa shape index (κ1) is 57.1. The van der Waals surface area contributed by atoms with E-state index in [9.17, 15) is 14.9 Å². The van der Waals surface area contributed by atoms with Crippen LogP contribution in [-0.2, 0) is 31.0 Å². The Morgan fingerprint density at radius 3 is 2.39 bits per heavy atom. The quantitative estimate of drug-likeness (QED) is 0.0320. The van der Waals surface area contributed by atoms with Crippen LogP contribution in [0.1, 0.15) is 77.0 Å². The molecule has 1 aliphatic rings. The van der Waals surface area contributed by atoms with Gasteiger partial charge in [-0.25, -0.2) is 13.8 Å². The lowest BCUT2D eigenvalue weighted by Gasteiger charge is -2.37. The molecule has 7 rings (SSSR count). The predicted octanol–water partition coefficient (Wildman–Crippen LogP) is 9.12. The summed E-state index contributed by atoms with van der Waals surface area (Å²) in [5.41, 5.74) is 7.78. The van der Waals surface area contributed by atoms with E-state index in [1.807, 2.05) is 45.4 Å². The summed E-state index contributed by atoms with van der Waals surface area (Å²) in [7, 11) is 3.00. The molecule has 3 aromatic carbocycles. The molecule has 0 bridgehead atoms. The minimum absolute atomic E-state index is 0.0370. The van der Waals surface area contributed by atoms with E-state index in [1.165, 1.54) is 55.6 Å². The molecule has 3 aromatic heterocycles. The summed E-state index contributed by atoms with van der Waals surface area (Å²) in [5, 5.41) is 20.7. The number of nitrogens with zero attached hydrogens (tertiary/aromatic N) is 5. The largest absolute Gasteiger partial charge is 0.496 e. The molecule has 6 aromatic rings. The van der Waals surface area contributed by atoms with E-state index in [-0.39, 0.29) is 95.3 Å². The number of anilines is 2. The van der Waals surface area contributed by atoms with Gasteiger partial charge in [-0.3, -0.25) is 14.6 Å². The number of hydrogen-bond acceptors (Lipinski definition) is 13. The van der Waals surface area contributed by atoms with Crippen molar-refractivity contribution in [2.45, 2.75) is 71.0 Å². The van der Waals surface area contributed by atoms with Crippen molar-refractivity contribution in [1.82, 2.24) is 30.2 Å². The summed E-state index contributed by atoms with van der Waals surface area (Å²) in [4.78, 5) is 40.9. The number of amides is 2. The van der Waals surface area contributed by atoms with Crippen molar-refractivity contribution in [2.75, 3.05) is 71.5 Å². The van der Waals surface area contributed by atoms with Crippen LogP contribution in [0, 0.1) is 54.1 Å². The van der Waals surface area contributed by atoms with Crippen molar-refractivity contribution in [3.63, 3.8) is 0 Å². The summed E-state index contributed by atoms with van der Waals surface area (Å²) < 4.78 is 62.2. The van der Waals surface area contributed by atoms with Gasteiger partial charge in [0.25, 0.3) is 5.91 Å². The number of aromatic nitrogens is 4. The van der Waals surface area contributed by atoms with Crippen LogP contribution in [0.3, 0.4) is 0 Å². The standard InChI is InChI=1S/C55H58Cl3F2N9O7/c1-31-27-64-41(32(2)48(31)73-7)29-69-28-34(44-49(58)67-53(62)68-50(44)69)10-9-18-74-20-22-76-23-21-75-19-17-63-51(70)33-13-16-40(42(24-33)72-6)65-52(71)47-45(36-11-8-12-38(57)46(36)60)55(30-61,43(66-47)26-54(3,4)5)37-15-14-35(56)25-39(37)59/h8,11-16,24-25,27-28,43,45,47,66H,17-23,26,29H2,1-7H3,(H,63,70)(H,65,71)(H2,62,67,68)/t43-,45-,47+,55-/m0/s1. The molecule has 16 nitrogen and oxygen atoms in total. The van der Waals surface area contributed by atoms with Gasteiger partial charge in [-0.15, -0.1) is 0 Å². The molecule has 1 fully saturated rings. The number of pyridine rings is 1. The molecule has 0 aliphatic carbocycles. The molecular formula is C55H58Cl3F2N9O7. The minimum atomic E-state index is -1.82. The zero-order valence-corrected chi connectivity index (χ0v) is 45.3. The van der Waals surface area contributed by atoms with Crippen molar-refractivity contribution >= 4 is 69.3 Å². The number of rotatable bonds is 20. The third kappa shape index (κ3) is 12.8. The van der Waals surface area contributed by atoms with Crippen molar-refractivity contribution in [1.29, 1.82) is 5.26 Å². The SMILES string of the molecule is COc1cc(C(=O)NCCOCCOCCOCC#Cc2cn(Cc3ncc(C)c(OC)c3C)c3nc(N)nc(Cl)c23)ccc1NC(=O)[C@@H]1N[C@@H](CC(C)(C)C)[C@](C#N)(c2ccc(Cl)cc2F)[C@H]1c1cccc(Cl)c1F. The van der Waals surface area contributed by atoms with E-state index in [0.717, 1.165) is 28.6 Å². The van der Waals surface area contributed by atoms with Gasteiger partial charge in [0.15, 0.2) is 0 Å². The van der Waals surface area contributed by atoms with Gasteiger partial charge in [-0.1, -0.05) is 85.6 Å². The summed E-state index contributed by atoms with van der Waals surface area (Å²) in [6.07, 6.45) is 3.88. The van der Waals surface area contributed by atoms with Crippen LogP contribution in [0.2, 0.25) is 15.2 Å². The fourth-order valence-corrected chi connectivity index (χ4v) is 10.1. The monoisotopic (exact) mass is 1100 g/mol. The average Bonchev–Trinajstić information content (AvgIpc) is 3.98. The molecule has 76 heavy (non-hydrogen) atoms. The fraction of sp³-hybridized carbons (Fsp3) is 0.382. The summed E-state index contributed by atoms with van der Waals surface area (Å²) >= 11 is 19.0. The van der Waals surface area contributed by atoms with Gasteiger partial charge in [-0.2, -0.15) is 10.2 Å². The number of carbonyl (C=O) groups excluding carboxylic acids is 2. The van der Waals surface area contributed by atoms with Crippen molar-refractivity contribution in [3.8, 4) is 29.4 Å². The molecule has 1 aliphatic heterocycles. The number of hydrogen-bond donors (Lipinski definition) is 4. The number of nitrogen functional groups attached to an aromatic ring is 1. The molecule has 0 spiro atoms. The van der Waals surface area contributed by atoms with Crippen LogP contribution in [0.4, 0.5) is 20.4 Å². The Bertz CT molecular complexity index is 3230. The number of fused-ring (bicyclic) bond motifs is 1. The lowest BCUT2D eigenvalue weighted by atomic mass is 9.62. The van der Waals surface area contributed by atoms with Crippen LogP contribution in [0.15, 0.2) is 67.0 Å². The maximum Gasteiger partial charge on any atom is 0.251 e. The number of nitrogens with two attached hydrogens (primary N) is 1. The van der Waals surface area contributed by atoms with E-state index in [2.05, 4.69) is 48.8 Å². The van der Waals surface area contributed by atoms with Gasteiger partial charge < -0.3 is 49.9 Å². The average molecular weight is 1100 g/mol. The number of carbonyl (C=O) groups is 2. The molecule has 4 atom stereocenters. The zero-order chi connectivity index (χ0) is 54.9. The summed E-state index contributed by atoms with van der Waals surface area (Å²) in [6.45, 7) is 11.7. The fourth-order valence-electron chi connectivity index (χ4n) is 9.50. The molecule has 4 heterocycles. The second kappa shape index (κ2) is 25.0. The lowest BCUT2D eigenvalue weighted by molar-refractivity contribution is -0.118. The van der Waals surface area contributed by atoms with Crippen molar-refractivity contribution in [3.05, 3.63) is 133 Å². The van der Waals surface area contributed by atoms with Gasteiger partial charge in [0.05, 0.1) is 93.3 Å². The molecule has 1 saturated heterocycles. The van der Waals surface area contributed by atoms with Gasteiger partial charge in [0, 0.05) is 58.2 Å². The van der Waals surface area contributed by atoms with Crippen LogP contribution in [0.5, 0.6) is 11.5 Å². The Balaban J connectivity index is 0.889. The maximum absolute atomic E-state index is 16.2. The third-order valence-electron chi connectivity index (χ3n) is 12.9. The Hall–Kier alpha value is -6.61. The topological polar surface area (TPSA) is 210 Å². The number of ether oxygens (including phenoxy) is 5. The Labute approximate surface area is 454 Å². The minimum Gasteiger partial charge on any atom is -0.496 e. The Morgan fingerprint density at radius 2 is 1.70 bits per heavy atom. The summed E-state index contributed by atoms with van der Waals surface area (Å²) in [5.74, 6) is 3.06. The highest BCUT2D eigenvalue weighted by molar-refractivity contribution is 6.34. The molecule has 2 amide bonds. The highest BCUT2D eigenvalue weighted by Gasteiger charge is 2.61. The summed E-state index contributed by atoms with van der Waals surface area (Å²) in [6, 6.07) is 12.9. The number of nitrogens with one attached hydrogen (secondary N) is 3. The first-order chi connectivity index (χ1) is 36.3. The highest BCUT2D eigenvalue weighted by atomic mass is 35.5. The van der Waals surface area contributed by atoms with Gasteiger partial charge >= 0.3 is 0 Å². The molecule has 0 radical (unpaired) electrons. The molecule has 21 heteroatoms. The first-order valence-electron chi connectivity index (χ1n) is 24.2. The van der Waals surface area contributed by atoms with E-state index >= 15 is 8.78 Å². The number of benzene rings is 3. The van der Waals surface area contributed by atoms with E-state index in [4.69, 9.17) is 64.2 Å².